The zero-order valence-electron chi connectivity index (χ0n) is 23.0. The number of carbonyl (C=O) groups is 2. The predicted molar refractivity (Wildman–Crippen MR) is 162 cm³/mol. The highest BCUT2D eigenvalue weighted by molar-refractivity contribution is 9.10. The van der Waals surface area contributed by atoms with Crippen LogP contribution in [0.15, 0.2) is 81.5 Å². The lowest BCUT2D eigenvalue weighted by molar-refractivity contribution is -0.385. The number of rotatable bonds is 9. The summed E-state index contributed by atoms with van der Waals surface area (Å²) in [4.78, 5) is 36.9. The second-order valence-corrected chi connectivity index (χ2v) is 11.6. The highest BCUT2D eigenvalue weighted by atomic mass is 79.9. The molecule has 14 heteroatoms. The maximum Gasteiger partial charge on any atom is 0.273 e. The van der Waals surface area contributed by atoms with Gasteiger partial charge in [0.1, 0.15) is 5.82 Å². The van der Waals surface area contributed by atoms with Gasteiger partial charge in [-0.15, -0.1) is 10.2 Å². The zero-order valence-corrected chi connectivity index (χ0v) is 25.4. The molecule has 1 N–H and O–H groups in total. The van der Waals surface area contributed by atoms with E-state index in [1.807, 2.05) is 24.3 Å². The number of carbonyl (C=O) groups excluding carboxylic acids is 2. The van der Waals surface area contributed by atoms with Gasteiger partial charge in [-0.25, -0.2) is 9.40 Å². The number of benzene rings is 3. The van der Waals surface area contributed by atoms with Crippen molar-refractivity contribution in [2.24, 2.45) is 12.1 Å². The molecule has 2 amide bonds. The van der Waals surface area contributed by atoms with Crippen LogP contribution in [0, 0.1) is 22.9 Å². The van der Waals surface area contributed by atoms with E-state index in [1.54, 1.807) is 23.7 Å². The van der Waals surface area contributed by atoms with Gasteiger partial charge in [-0.2, -0.15) is 5.10 Å². The molecule has 1 aliphatic rings. The summed E-state index contributed by atoms with van der Waals surface area (Å²) in [7, 11) is 1.72. The molecule has 5 rings (SSSR count). The first-order valence-electron chi connectivity index (χ1n) is 13.1. The first-order valence-corrected chi connectivity index (χ1v) is 14.8. The van der Waals surface area contributed by atoms with Gasteiger partial charge < -0.3 is 9.88 Å². The molecule has 1 unspecified atom stereocenters. The summed E-state index contributed by atoms with van der Waals surface area (Å²) < 4.78 is 16.2. The average Bonchev–Trinajstić information content (AvgIpc) is 3.59. The number of nitro benzene ring substituents is 1. The fraction of sp³-hybridized carbons (Fsp3) is 0.207. The third-order valence-corrected chi connectivity index (χ3v) is 8.54. The Hall–Kier alpha value is -4.43. The summed E-state index contributed by atoms with van der Waals surface area (Å²) in [6, 6.07) is 17.6. The van der Waals surface area contributed by atoms with Crippen molar-refractivity contribution >= 4 is 50.9 Å². The molecule has 220 valence electrons. The second-order valence-electron chi connectivity index (χ2n) is 9.70. The van der Waals surface area contributed by atoms with Gasteiger partial charge in [0.2, 0.25) is 0 Å². The Morgan fingerprint density at radius 1 is 1.12 bits per heavy atom. The van der Waals surface area contributed by atoms with Crippen molar-refractivity contribution in [2.75, 3.05) is 5.75 Å². The molecule has 0 fully saturated rings. The van der Waals surface area contributed by atoms with Crippen molar-refractivity contribution in [3.8, 4) is 0 Å². The Morgan fingerprint density at radius 3 is 2.53 bits per heavy atom. The Morgan fingerprint density at radius 2 is 1.84 bits per heavy atom. The largest absolute Gasteiger partial charge is 0.345 e. The van der Waals surface area contributed by atoms with Gasteiger partial charge >= 0.3 is 0 Å². The number of nitrogens with one attached hydrogen (secondary N) is 1. The minimum Gasteiger partial charge on any atom is -0.345 e. The van der Waals surface area contributed by atoms with Crippen LogP contribution < -0.4 is 5.32 Å². The van der Waals surface area contributed by atoms with Crippen molar-refractivity contribution in [2.45, 2.75) is 31.1 Å². The van der Waals surface area contributed by atoms with Crippen molar-refractivity contribution in [1.29, 1.82) is 0 Å². The normalized spacial score (nSPS) is 14.5. The van der Waals surface area contributed by atoms with Gasteiger partial charge in [-0.05, 0) is 48.4 Å². The molecule has 0 bridgehead atoms. The molecule has 43 heavy (non-hydrogen) atoms. The summed E-state index contributed by atoms with van der Waals surface area (Å²) in [6.07, 6.45) is 0.474. The minimum atomic E-state index is -0.531. The van der Waals surface area contributed by atoms with Crippen LogP contribution in [0.2, 0.25) is 0 Å². The van der Waals surface area contributed by atoms with E-state index >= 15 is 0 Å². The summed E-state index contributed by atoms with van der Waals surface area (Å²) >= 11 is 4.61. The summed E-state index contributed by atoms with van der Waals surface area (Å²) in [5, 5.41) is 28.8. The van der Waals surface area contributed by atoms with E-state index in [1.165, 1.54) is 54.0 Å². The van der Waals surface area contributed by atoms with Crippen molar-refractivity contribution in [3.05, 3.63) is 115 Å². The van der Waals surface area contributed by atoms with E-state index in [-0.39, 0.29) is 40.8 Å². The number of aromatic nitrogens is 3. The third kappa shape index (κ3) is 6.65. The maximum atomic E-state index is 13.6. The first kappa shape index (κ1) is 30.0. The number of nitro groups is 1. The molecular weight excluding hydrogens is 641 g/mol. The fourth-order valence-corrected chi connectivity index (χ4v) is 5.69. The molecular formula is C29H25BrFN7O4S. The van der Waals surface area contributed by atoms with E-state index in [0.29, 0.717) is 17.4 Å². The third-order valence-electron chi connectivity index (χ3n) is 7.00. The van der Waals surface area contributed by atoms with Crippen LogP contribution in [0.5, 0.6) is 0 Å². The number of thioether (sulfide) groups is 1. The summed E-state index contributed by atoms with van der Waals surface area (Å²) in [6.45, 7) is 1.55. The Kier molecular flexibility index (Phi) is 8.97. The summed E-state index contributed by atoms with van der Waals surface area (Å²) in [5.41, 5.74) is 2.73. The van der Waals surface area contributed by atoms with E-state index in [0.717, 1.165) is 21.3 Å². The van der Waals surface area contributed by atoms with Gasteiger partial charge in [0.25, 0.3) is 17.5 Å². The highest BCUT2D eigenvalue weighted by Gasteiger charge is 2.33. The van der Waals surface area contributed by atoms with Crippen molar-refractivity contribution in [1.82, 2.24) is 25.1 Å². The minimum absolute atomic E-state index is 0.0139. The molecule has 4 aromatic rings. The Labute approximate surface area is 258 Å². The first-order chi connectivity index (χ1) is 20.6. The topological polar surface area (TPSA) is 136 Å². The van der Waals surface area contributed by atoms with Gasteiger partial charge in [0.05, 0.1) is 29.0 Å². The van der Waals surface area contributed by atoms with Crippen molar-refractivity contribution < 1.29 is 18.9 Å². The van der Waals surface area contributed by atoms with Crippen LogP contribution in [0.1, 0.15) is 45.3 Å². The van der Waals surface area contributed by atoms with Crippen LogP contribution >= 0.6 is 27.7 Å². The van der Waals surface area contributed by atoms with Crippen LogP contribution in [-0.2, 0) is 18.4 Å². The lowest BCUT2D eigenvalue weighted by atomic mass is 9.98. The second kappa shape index (κ2) is 12.8. The molecule has 1 aliphatic heterocycles. The van der Waals surface area contributed by atoms with E-state index < -0.39 is 16.9 Å². The number of amides is 2. The SMILES string of the molecule is Cc1c(C(=O)NCc2nnc(SCC(=O)N3N=C(c4ccc(Br)cc4)CC3c3ccc(F)cc3)n2C)cccc1[N+](=O)[O-]. The zero-order chi connectivity index (χ0) is 30.7. The van der Waals surface area contributed by atoms with Crippen LogP contribution in [0.3, 0.4) is 0 Å². The number of hydrogen-bond acceptors (Lipinski definition) is 8. The van der Waals surface area contributed by atoms with Gasteiger partial charge in [0, 0.05) is 35.1 Å². The van der Waals surface area contributed by atoms with E-state index in [2.05, 4.69) is 36.5 Å². The van der Waals surface area contributed by atoms with Crippen molar-refractivity contribution in [3.63, 3.8) is 0 Å². The smallest absolute Gasteiger partial charge is 0.273 e. The average molecular weight is 667 g/mol. The lowest BCUT2D eigenvalue weighted by Crippen LogP contribution is -2.28. The van der Waals surface area contributed by atoms with Crippen LogP contribution in [0.25, 0.3) is 0 Å². The number of halogens is 2. The Balaban J connectivity index is 1.26. The molecule has 0 spiro atoms. The van der Waals surface area contributed by atoms with E-state index in [4.69, 9.17) is 0 Å². The molecule has 0 saturated heterocycles. The van der Waals surface area contributed by atoms with Gasteiger partial charge in [-0.1, -0.05) is 58.0 Å². The molecule has 1 atom stereocenters. The standard InChI is InChI=1S/C29H25BrFN7O4S/c1-17-22(4-3-5-24(17)38(41)42)28(40)32-15-26-33-34-29(36(26)2)43-16-27(39)37-25(19-8-12-21(31)13-9-19)14-23(35-37)18-6-10-20(30)11-7-18/h3-13,25H,14-16H2,1-2H3,(H,32,40). The molecule has 2 heterocycles. The monoisotopic (exact) mass is 665 g/mol. The molecule has 0 aliphatic carbocycles. The van der Waals surface area contributed by atoms with Crippen LogP contribution in [0.4, 0.5) is 10.1 Å². The number of hydrazone groups is 1. The molecule has 1 aromatic heterocycles. The molecule has 0 saturated carbocycles. The van der Waals surface area contributed by atoms with Gasteiger partial charge in [-0.3, -0.25) is 19.7 Å². The number of hydrogen-bond donors (Lipinski definition) is 1. The fourth-order valence-electron chi connectivity index (χ4n) is 4.64. The van der Waals surface area contributed by atoms with Crippen LogP contribution in [-0.4, -0.2) is 48.0 Å². The quantitative estimate of drug-likeness (QED) is 0.145. The number of nitrogens with zero attached hydrogens (tertiary/aromatic N) is 6. The lowest BCUT2D eigenvalue weighted by Gasteiger charge is -2.22. The Bertz CT molecular complexity index is 1730. The predicted octanol–water partition coefficient (Wildman–Crippen LogP) is 5.33. The maximum absolute atomic E-state index is 13.6. The summed E-state index contributed by atoms with van der Waals surface area (Å²) in [5.74, 6) is -0.648. The highest BCUT2D eigenvalue weighted by Crippen LogP contribution is 2.34. The molecule has 0 radical (unpaired) electrons. The molecule has 11 nitrogen and oxygen atoms in total. The van der Waals surface area contributed by atoms with Gasteiger partial charge in [0.15, 0.2) is 11.0 Å². The van der Waals surface area contributed by atoms with E-state index in [9.17, 15) is 24.1 Å². The molecule has 3 aromatic carbocycles.